The fourth-order valence-electron chi connectivity index (χ4n) is 2.63. The first-order valence-electron chi connectivity index (χ1n) is 6.60. The number of hydrogen-bond donors (Lipinski definition) is 0. The third-order valence-electron chi connectivity index (χ3n) is 3.53. The molecule has 0 N–H and O–H groups in total. The molecule has 0 bridgehead atoms. The summed E-state index contributed by atoms with van der Waals surface area (Å²) in [4.78, 5) is 13.8. The Bertz CT molecular complexity index is 910. The number of aryl methyl sites for hydroxylation is 1. The molecule has 0 aromatic carbocycles. The van der Waals surface area contributed by atoms with Gasteiger partial charge in [-0.05, 0) is 17.4 Å². The molecule has 3 aromatic rings. The van der Waals surface area contributed by atoms with Crippen molar-refractivity contribution in [1.29, 1.82) is 5.26 Å². The molecule has 0 aliphatic rings. The van der Waals surface area contributed by atoms with Crippen molar-refractivity contribution in [3.05, 3.63) is 45.2 Å². The minimum absolute atomic E-state index is 0.0694. The van der Waals surface area contributed by atoms with Crippen LogP contribution in [0.4, 0.5) is 0 Å². The van der Waals surface area contributed by atoms with E-state index in [1.54, 1.807) is 11.3 Å². The highest BCUT2D eigenvalue weighted by molar-refractivity contribution is 7.13. The summed E-state index contributed by atoms with van der Waals surface area (Å²) in [7, 11) is 1.87. The lowest BCUT2D eigenvalue weighted by atomic mass is 10.0. The van der Waals surface area contributed by atoms with Gasteiger partial charge in [0.1, 0.15) is 11.6 Å². The van der Waals surface area contributed by atoms with Gasteiger partial charge in [0.2, 0.25) is 0 Å². The Kier molecular flexibility index (Phi) is 3.15. The van der Waals surface area contributed by atoms with Crippen LogP contribution in [0.2, 0.25) is 0 Å². The van der Waals surface area contributed by atoms with Crippen molar-refractivity contribution in [3.63, 3.8) is 0 Å². The Labute approximate surface area is 125 Å². The molecular weight excluding hydrogens is 284 g/mol. The number of thiophene rings is 1. The number of aromatic nitrogens is 3. The molecule has 3 heterocycles. The molecule has 0 aliphatic heterocycles. The SMILES string of the molecule is CC(C)c1c(-c2cccs2)n(C)c2c(C#N)cnn2c1=O. The predicted molar refractivity (Wildman–Crippen MR) is 82.6 cm³/mol. The summed E-state index contributed by atoms with van der Waals surface area (Å²) in [5.74, 6) is 0.0694. The summed E-state index contributed by atoms with van der Waals surface area (Å²) in [6.45, 7) is 3.99. The molecule has 3 rings (SSSR count). The monoisotopic (exact) mass is 298 g/mol. The summed E-state index contributed by atoms with van der Waals surface area (Å²) in [6.07, 6.45) is 1.44. The van der Waals surface area contributed by atoms with Crippen LogP contribution in [-0.2, 0) is 7.05 Å². The van der Waals surface area contributed by atoms with Gasteiger partial charge in [-0.3, -0.25) is 4.79 Å². The van der Waals surface area contributed by atoms with E-state index >= 15 is 0 Å². The first kappa shape index (κ1) is 13.6. The van der Waals surface area contributed by atoms with E-state index in [1.807, 2.05) is 43.0 Å². The van der Waals surface area contributed by atoms with E-state index in [9.17, 15) is 10.1 Å². The van der Waals surface area contributed by atoms with Crippen LogP contribution in [0.15, 0.2) is 28.5 Å². The number of hydrogen-bond acceptors (Lipinski definition) is 4. The molecule has 5 nitrogen and oxygen atoms in total. The maximum Gasteiger partial charge on any atom is 0.278 e. The van der Waals surface area contributed by atoms with Gasteiger partial charge in [-0.25, -0.2) is 0 Å². The smallest absolute Gasteiger partial charge is 0.278 e. The average Bonchev–Trinajstić information content (AvgIpc) is 3.10. The van der Waals surface area contributed by atoms with Crippen LogP contribution in [-0.4, -0.2) is 14.2 Å². The van der Waals surface area contributed by atoms with E-state index < -0.39 is 0 Å². The second kappa shape index (κ2) is 4.86. The highest BCUT2D eigenvalue weighted by atomic mass is 32.1. The van der Waals surface area contributed by atoms with Crippen molar-refractivity contribution in [1.82, 2.24) is 14.2 Å². The van der Waals surface area contributed by atoms with Crippen LogP contribution in [0, 0.1) is 11.3 Å². The van der Waals surface area contributed by atoms with Crippen molar-refractivity contribution in [3.8, 4) is 16.6 Å². The average molecular weight is 298 g/mol. The Morgan fingerprint density at radius 2 is 2.19 bits per heavy atom. The van der Waals surface area contributed by atoms with Gasteiger partial charge < -0.3 is 4.57 Å². The lowest BCUT2D eigenvalue weighted by Crippen LogP contribution is -2.25. The van der Waals surface area contributed by atoms with Crippen LogP contribution in [0.5, 0.6) is 0 Å². The Morgan fingerprint density at radius 1 is 1.43 bits per heavy atom. The Balaban J connectivity index is 2.56. The predicted octanol–water partition coefficient (Wildman–Crippen LogP) is 2.76. The number of nitriles is 1. The zero-order valence-electron chi connectivity index (χ0n) is 12.0. The molecule has 0 saturated carbocycles. The topological polar surface area (TPSA) is 63.1 Å². The Morgan fingerprint density at radius 3 is 2.76 bits per heavy atom. The second-order valence-electron chi connectivity index (χ2n) is 5.16. The first-order chi connectivity index (χ1) is 10.1. The number of nitrogens with zero attached hydrogens (tertiary/aromatic N) is 4. The van der Waals surface area contributed by atoms with E-state index in [4.69, 9.17) is 0 Å². The molecule has 3 aromatic heterocycles. The van der Waals surface area contributed by atoms with Gasteiger partial charge in [0.15, 0.2) is 5.65 Å². The van der Waals surface area contributed by atoms with Crippen molar-refractivity contribution < 1.29 is 0 Å². The first-order valence-corrected chi connectivity index (χ1v) is 7.48. The maximum absolute atomic E-state index is 12.7. The van der Waals surface area contributed by atoms with Gasteiger partial charge in [0, 0.05) is 12.6 Å². The van der Waals surface area contributed by atoms with Gasteiger partial charge in [0.05, 0.1) is 16.8 Å². The minimum Gasteiger partial charge on any atom is -0.327 e. The van der Waals surface area contributed by atoms with E-state index in [2.05, 4.69) is 11.2 Å². The molecule has 0 fully saturated rings. The fourth-order valence-corrected chi connectivity index (χ4v) is 3.45. The van der Waals surface area contributed by atoms with Crippen LogP contribution in [0.25, 0.3) is 16.2 Å². The summed E-state index contributed by atoms with van der Waals surface area (Å²) in [6, 6.07) is 6.05. The highest BCUT2D eigenvalue weighted by Crippen LogP contribution is 2.31. The summed E-state index contributed by atoms with van der Waals surface area (Å²) in [5.41, 5.74) is 2.38. The van der Waals surface area contributed by atoms with Crippen molar-refractivity contribution in [2.75, 3.05) is 0 Å². The van der Waals surface area contributed by atoms with Crippen molar-refractivity contribution in [2.45, 2.75) is 19.8 Å². The summed E-state index contributed by atoms with van der Waals surface area (Å²) in [5, 5.41) is 15.3. The van der Waals surface area contributed by atoms with Crippen LogP contribution in [0.3, 0.4) is 0 Å². The lowest BCUT2D eigenvalue weighted by molar-refractivity contribution is 0.759. The lowest BCUT2D eigenvalue weighted by Gasteiger charge is -2.17. The van der Waals surface area contributed by atoms with E-state index in [0.29, 0.717) is 11.2 Å². The van der Waals surface area contributed by atoms with Crippen molar-refractivity contribution in [2.24, 2.45) is 7.05 Å². The summed E-state index contributed by atoms with van der Waals surface area (Å²) < 4.78 is 3.22. The van der Waals surface area contributed by atoms with E-state index in [-0.39, 0.29) is 11.5 Å². The van der Waals surface area contributed by atoms with Crippen LogP contribution >= 0.6 is 11.3 Å². The number of rotatable bonds is 2. The second-order valence-corrected chi connectivity index (χ2v) is 6.11. The van der Waals surface area contributed by atoms with Gasteiger partial charge in [-0.15, -0.1) is 11.3 Å². The highest BCUT2D eigenvalue weighted by Gasteiger charge is 2.22. The quantitative estimate of drug-likeness (QED) is 0.731. The molecule has 0 spiro atoms. The van der Waals surface area contributed by atoms with Gasteiger partial charge in [-0.1, -0.05) is 19.9 Å². The van der Waals surface area contributed by atoms with Gasteiger partial charge >= 0.3 is 0 Å². The largest absolute Gasteiger partial charge is 0.327 e. The Hall–Kier alpha value is -2.39. The normalized spacial score (nSPS) is 11.2. The molecular formula is C15H14N4OS. The molecule has 106 valence electrons. The maximum atomic E-state index is 12.7. The van der Waals surface area contributed by atoms with E-state index in [0.717, 1.165) is 16.1 Å². The van der Waals surface area contributed by atoms with Crippen LogP contribution in [0.1, 0.15) is 30.9 Å². The molecule has 0 aliphatic carbocycles. The molecule has 0 atom stereocenters. The molecule has 6 heteroatoms. The fraction of sp³-hybridized carbons (Fsp3) is 0.267. The third kappa shape index (κ3) is 1.89. The zero-order valence-corrected chi connectivity index (χ0v) is 12.8. The summed E-state index contributed by atoms with van der Waals surface area (Å²) >= 11 is 1.58. The molecule has 0 amide bonds. The van der Waals surface area contributed by atoms with Crippen LogP contribution < -0.4 is 5.56 Å². The molecule has 0 unspecified atom stereocenters. The molecule has 0 radical (unpaired) electrons. The van der Waals surface area contributed by atoms with Gasteiger partial charge in [0.25, 0.3) is 5.56 Å². The standard InChI is InChI=1S/C15H14N4OS/c1-9(2)12-13(11-5-4-6-21-11)18(3)14-10(7-16)8-17-19(14)15(12)20/h4-6,8-9H,1-3H3. The molecule has 21 heavy (non-hydrogen) atoms. The zero-order chi connectivity index (χ0) is 15.1. The van der Waals surface area contributed by atoms with Crippen molar-refractivity contribution >= 4 is 17.0 Å². The third-order valence-corrected chi connectivity index (χ3v) is 4.40. The number of fused-ring (bicyclic) bond motifs is 1. The van der Waals surface area contributed by atoms with Gasteiger partial charge in [-0.2, -0.15) is 14.9 Å². The van der Waals surface area contributed by atoms with E-state index in [1.165, 1.54) is 10.7 Å². The minimum atomic E-state index is -0.150. The molecule has 0 saturated heterocycles.